The number of hydrogen-bond acceptors (Lipinski definition) is 2. The molecule has 0 saturated carbocycles. The molecule has 0 fully saturated rings. The molecule has 0 atom stereocenters. The Bertz CT molecular complexity index is 274. The van der Waals surface area contributed by atoms with Crippen LogP contribution in [-0.2, 0) is 0 Å². The summed E-state index contributed by atoms with van der Waals surface area (Å²) < 4.78 is 0. The van der Waals surface area contributed by atoms with E-state index in [1.165, 1.54) is 43.6 Å². The van der Waals surface area contributed by atoms with Gasteiger partial charge in [-0.15, -0.1) is 0 Å². The van der Waals surface area contributed by atoms with Crippen molar-refractivity contribution in [3.8, 4) is 0 Å². The van der Waals surface area contributed by atoms with Crippen LogP contribution in [0.2, 0.25) is 0 Å². The van der Waals surface area contributed by atoms with E-state index in [1.54, 1.807) is 0 Å². The summed E-state index contributed by atoms with van der Waals surface area (Å²) in [7, 11) is 0. The highest BCUT2D eigenvalue weighted by Gasteiger charge is 2.00. The largest absolute Gasteiger partial charge is 0.288 e. The maximum absolute atomic E-state index is 9.79. The van der Waals surface area contributed by atoms with Crippen LogP contribution in [0.1, 0.15) is 51.9 Å². The normalized spacial score (nSPS) is 10.5. The van der Waals surface area contributed by atoms with Gasteiger partial charge in [0.1, 0.15) is 0 Å². The van der Waals surface area contributed by atoms with E-state index in [9.17, 15) is 5.21 Å². The van der Waals surface area contributed by atoms with Crippen LogP contribution in [0, 0.1) is 0 Å². The second kappa shape index (κ2) is 9.06. The maximum Gasteiger partial charge on any atom is 0.0634 e. The molecule has 1 aromatic carbocycles. The number of hydroxylamine groups is 1. The van der Waals surface area contributed by atoms with E-state index < -0.39 is 0 Å². The zero-order valence-corrected chi connectivity index (χ0v) is 10.9. The number of para-hydroxylation sites is 1. The molecule has 0 aliphatic heterocycles. The number of unbranched alkanes of at least 4 members (excludes halogenated alkanes) is 6. The topological polar surface area (TPSA) is 23.5 Å². The van der Waals surface area contributed by atoms with Crippen molar-refractivity contribution < 1.29 is 5.21 Å². The van der Waals surface area contributed by atoms with Gasteiger partial charge in [0.15, 0.2) is 0 Å². The molecule has 1 aromatic rings. The standard InChI is InChI=1S/C15H25NO/c1-2-3-4-5-6-7-11-14-16(17)15-12-9-8-10-13-15/h8-10,12-13,17H,2-7,11,14H2,1H3. The third-order valence-corrected chi connectivity index (χ3v) is 3.03. The third-order valence-electron chi connectivity index (χ3n) is 3.03. The van der Waals surface area contributed by atoms with E-state index in [0.717, 1.165) is 18.7 Å². The van der Waals surface area contributed by atoms with Crippen molar-refractivity contribution in [3.05, 3.63) is 30.3 Å². The molecule has 0 amide bonds. The molecule has 0 aromatic heterocycles. The Morgan fingerprint density at radius 2 is 1.47 bits per heavy atom. The molecule has 0 saturated heterocycles. The molecule has 0 bridgehead atoms. The Balaban J connectivity index is 2.03. The lowest BCUT2D eigenvalue weighted by Crippen LogP contribution is -2.19. The van der Waals surface area contributed by atoms with Gasteiger partial charge in [-0.05, 0) is 18.6 Å². The van der Waals surface area contributed by atoms with E-state index in [0.29, 0.717) is 0 Å². The number of nitrogens with zero attached hydrogens (tertiary/aromatic N) is 1. The monoisotopic (exact) mass is 235 g/mol. The minimum atomic E-state index is 0.734. The minimum Gasteiger partial charge on any atom is -0.288 e. The molecule has 0 spiro atoms. The lowest BCUT2D eigenvalue weighted by atomic mass is 10.1. The predicted octanol–water partition coefficient (Wildman–Crippen LogP) is 4.63. The van der Waals surface area contributed by atoms with Gasteiger partial charge in [0, 0.05) is 6.54 Å². The van der Waals surface area contributed by atoms with Crippen molar-refractivity contribution in [2.24, 2.45) is 0 Å². The van der Waals surface area contributed by atoms with Crippen molar-refractivity contribution in [2.45, 2.75) is 51.9 Å². The first kappa shape index (κ1) is 14.0. The molecule has 2 nitrogen and oxygen atoms in total. The first-order chi connectivity index (χ1) is 8.34. The Kier molecular flexibility index (Phi) is 7.48. The van der Waals surface area contributed by atoms with Crippen molar-refractivity contribution in [1.82, 2.24) is 0 Å². The highest BCUT2D eigenvalue weighted by atomic mass is 16.5. The van der Waals surface area contributed by atoms with Crippen LogP contribution in [-0.4, -0.2) is 11.8 Å². The van der Waals surface area contributed by atoms with Gasteiger partial charge in [0.25, 0.3) is 0 Å². The fourth-order valence-corrected chi connectivity index (χ4v) is 1.95. The summed E-state index contributed by atoms with van der Waals surface area (Å²) in [5.74, 6) is 0. The Labute approximate surface area is 105 Å². The van der Waals surface area contributed by atoms with Crippen molar-refractivity contribution in [2.75, 3.05) is 11.6 Å². The van der Waals surface area contributed by atoms with Gasteiger partial charge in [-0.25, -0.2) is 0 Å². The lowest BCUT2D eigenvalue weighted by Gasteiger charge is -2.16. The highest BCUT2D eigenvalue weighted by Crippen LogP contribution is 2.12. The van der Waals surface area contributed by atoms with E-state index in [4.69, 9.17) is 0 Å². The van der Waals surface area contributed by atoms with Crippen LogP contribution < -0.4 is 5.06 Å². The molecule has 96 valence electrons. The van der Waals surface area contributed by atoms with Crippen molar-refractivity contribution in [1.29, 1.82) is 0 Å². The zero-order chi connectivity index (χ0) is 12.3. The van der Waals surface area contributed by atoms with Crippen LogP contribution in [0.4, 0.5) is 5.69 Å². The van der Waals surface area contributed by atoms with E-state index in [-0.39, 0.29) is 0 Å². The molecular formula is C15H25NO. The van der Waals surface area contributed by atoms with Gasteiger partial charge in [0.2, 0.25) is 0 Å². The van der Waals surface area contributed by atoms with Crippen LogP contribution in [0.15, 0.2) is 30.3 Å². The molecule has 1 N–H and O–H groups in total. The quantitative estimate of drug-likeness (QED) is 0.498. The van der Waals surface area contributed by atoms with Gasteiger partial charge < -0.3 is 0 Å². The number of hydrogen-bond donors (Lipinski definition) is 1. The molecule has 1 rings (SSSR count). The molecular weight excluding hydrogens is 210 g/mol. The summed E-state index contributed by atoms with van der Waals surface area (Å²) in [5.41, 5.74) is 0.887. The van der Waals surface area contributed by atoms with Crippen LogP contribution in [0.3, 0.4) is 0 Å². The van der Waals surface area contributed by atoms with Gasteiger partial charge >= 0.3 is 0 Å². The predicted molar refractivity (Wildman–Crippen MR) is 73.6 cm³/mol. The number of benzene rings is 1. The maximum atomic E-state index is 9.79. The Hall–Kier alpha value is -1.02. The average Bonchev–Trinajstić information content (AvgIpc) is 2.38. The first-order valence-electron chi connectivity index (χ1n) is 6.86. The lowest BCUT2D eigenvalue weighted by molar-refractivity contribution is 0.251. The Morgan fingerprint density at radius 1 is 0.882 bits per heavy atom. The van der Waals surface area contributed by atoms with Crippen molar-refractivity contribution in [3.63, 3.8) is 0 Å². The molecule has 0 unspecified atom stereocenters. The minimum absolute atomic E-state index is 0.734. The van der Waals surface area contributed by atoms with Gasteiger partial charge in [-0.1, -0.05) is 63.6 Å². The van der Waals surface area contributed by atoms with Gasteiger partial charge in [0.05, 0.1) is 5.69 Å². The van der Waals surface area contributed by atoms with Crippen molar-refractivity contribution >= 4 is 5.69 Å². The van der Waals surface area contributed by atoms with Crippen LogP contribution in [0.5, 0.6) is 0 Å². The third kappa shape index (κ3) is 6.32. The number of anilines is 1. The molecule has 0 aliphatic carbocycles. The summed E-state index contributed by atoms with van der Waals surface area (Å²) in [6.07, 6.45) is 8.94. The molecule has 0 heterocycles. The van der Waals surface area contributed by atoms with Crippen LogP contribution in [0.25, 0.3) is 0 Å². The van der Waals surface area contributed by atoms with Gasteiger partial charge in [-0.3, -0.25) is 10.3 Å². The fraction of sp³-hybridized carbons (Fsp3) is 0.600. The summed E-state index contributed by atoms with van der Waals surface area (Å²) in [5, 5.41) is 11.1. The summed E-state index contributed by atoms with van der Waals surface area (Å²) >= 11 is 0. The average molecular weight is 235 g/mol. The van der Waals surface area contributed by atoms with E-state index >= 15 is 0 Å². The van der Waals surface area contributed by atoms with E-state index in [1.807, 2.05) is 30.3 Å². The Morgan fingerprint density at radius 3 is 2.12 bits per heavy atom. The molecule has 2 heteroatoms. The summed E-state index contributed by atoms with van der Waals surface area (Å²) in [4.78, 5) is 0. The molecule has 0 radical (unpaired) electrons. The van der Waals surface area contributed by atoms with Gasteiger partial charge in [-0.2, -0.15) is 0 Å². The summed E-state index contributed by atoms with van der Waals surface area (Å²) in [6, 6.07) is 9.72. The molecule has 17 heavy (non-hydrogen) atoms. The second-order valence-electron chi connectivity index (χ2n) is 4.58. The highest BCUT2D eigenvalue weighted by molar-refractivity contribution is 5.42. The number of rotatable bonds is 9. The summed E-state index contributed by atoms with van der Waals surface area (Å²) in [6.45, 7) is 2.97. The smallest absolute Gasteiger partial charge is 0.0634 e. The fourth-order valence-electron chi connectivity index (χ4n) is 1.95. The van der Waals surface area contributed by atoms with Crippen LogP contribution >= 0.6 is 0 Å². The van der Waals surface area contributed by atoms with E-state index in [2.05, 4.69) is 6.92 Å². The zero-order valence-electron chi connectivity index (χ0n) is 10.9. The molecule has 0 aliphatic rings. The SMILES string of the molecule is CCCCCCCCCN(O)c1ccccc1. The first-order valence-corrected chi connectivity index (χ1v) is 6.86. The second-order valence-corrected chi connectivity index (χ2v) is 4.58.